The minimum absolute atomic E-state index is 0.000452. The fourth-order valence-electron chi connectivity index (χ4n) is 2.14. The molecule has 0 N–H and O–H groups in total. The van der Waals surface area contributed by atoms with Gasteiger partial charge in [0, 0.05) is 19.1 Å². The van der Waals surface area contributed by atoms with Gasteiger partial charge in [0.1, 0.15) is 0 Å². The first-order valence-electron chi connectivity index (χ1n) is 6.08. The fourth-order valence-corrected chi connectivity index (χ4v) is 3.95. The van der Waals surface area contributed by atoms with Gasteiger partial charge in [-0.25, -0.2) is 8.42 Å². The zero-order valence-corrected chi connectivity index (χ0v) is 11.7. The Balaban J connectivity index is 2.50. The van der Waals surface area contributed by atoms with Crippen LogP contribution < -0.4 is 0 Å². The molecule has 0 spiro atoms. The molecule has 0 aromatic carbocycles. The number of carbonyl (C=O) groups excluding carboxylic acids is 1. The van der Waals surface area contributed by atoms with Crippen LogP contribution in [-0.2, 0) is 14.6 Å². The van der Waals surface area contributed by atoms with Crippen LogP contribution in [0.4, 0.5) is 0 Å². The second-order valence-electron chi connectivity index (χ2n) is 4.54. The van der Waals surface area contributed by atoms with Crippen LogP contribution >= 0.6 is 0 Å². The van der Waals surface area contributed by atoms with Gasteiger partial charge in [0.05, 0.1) is 18.1 Å². The van der Waals surface area contributed by atoms with Crippen LogP contribution in [0.2, 0.25) is 0 Å². The van der Waals surface area contributed by atoms with Gasteiger partial charge in [0.2, 0.25) is 5.91 Å². The maximum atomic E-state index is 11.9. The van der Waals surface area contributed by atoms with E-state index >= 15 is 0 Å². The van der Waals surface area contributed by atoms with Crippen LogP contribution in [0.15, 0.2) is 0 Å². The van der Waals surface area contributed by atoms with Gasteiger partial charge >= 0.3 is 0 Å². The van der Waals surface area contributed by atoms with E-state index < -0.39 is 9.84 Å². The summed E-state index contributed by atoms with van der Waals surface area (Å²) in [6.45, 7) is 5.60. The van der Waals surface area contributed by atoms with Crippen LogP contribution in [0, 0.1) is 0 Å². The molecular weight excluding hydrogens is 240 g/mol. The lowest BCUT2D eigenvalue weighted by molar-refractivity contribution is -0.132. The molecule has 1 heterocycles. The third kappa shape index (κ3) is 3.96. The van der Waals surface area contributed by atoms with Crippen molar-refractivity contribution in [3.8, 4) is 0 Å². The predicted octanol–water partition coefficient (Wildman–Crippen LogP) is -0.0263. The fraction of sp³-hybridized carbons (Fsp3) is 0.909. The van der Waals surface area contributed by atoms with Crippen LogP contribution in [0.1, 0.15) is 20.3 Å². The highest BCUT2D eigenvalue weighted by atomic mass is 32.2. The zero-order chi connectivity index (χ0) is 13.1. The third-order valence-electron chi connectivity index (χ3n) is 3.33. The second-order valence-corrected chi connectivity index (χ2v) is 6.77. The maximum absolute atomic E-state index is 11.9. The van der Waals surface area contributed by atoms with E-state index in [1.165, 1.54) is 0 Å². The summed E-state index contributed by atoms with van der Waals surface area (Å²) in [4.78, 5) is 15.5. The van der Waals surface area contributed by atoms with E-state index in [1.54, 1.807) is 4.90 Å². The molecule has 1 amide bonds. The number of likely N-dealkylation sites (N-methyl/N-ethyl adjacent to an activating group) is 2. The summed E-state index contributed by atoms with van der Waals surface area (Å²) < 4.78 is 22.7. The van der Waals surface area contributed by atoms with Crippen molar-refractivity contribution in [3.63, 3.8) is 0 Å². The Bertz CT molecular complexity index is 363. The maximum Gasteiger partial charge on any atom is 0.236 e. The predicted molar refractivity (Wildman–Crippen MR) is 67.6 cm³/mol. The molecule has 0 aromatic rings. The highest BCUT2D eigenvalue weighted by molar-refractivity contribution is 7.91. The van der Waals surface area contributed by atoms with Gasteiger partial charge in [-0.15, -0.1) is 0 Å². The summed E-state index contributed by atoms with van der Waals surface area (Å²) in [5.41, 5.74) is 0. The highest BCUT2D eigenvalue weighted by Gasteiger charge is 2.31. The monoisotopic (exact) mass is 262 g/mol. The number of sulfone groups is 1. The number of carbonyl (C=O) groups is 1. The number of hydrogen-bond donors (Lipinski definition) is 0. The minimum atomic E-state index is -2.87. The van der Waals surface area contributed by atoms with Gasteiger partial charge < -0.3 is 4.90 Å². The molecule has 1 saturated heterocycles. The largest absolute Gasteiger partial charge is 0.342 e. The second kappa shape index (κ2) is 5.82. The van der Waals surface area contributed by atoms with E-state index in [9.17, 15) is 13.2 Å². The summed E-state index contributed by atoms with van der Waals surface area (Å²) in [7, 11) is -1.05. The van der Waals surface area contributed by atoms with E-state index in [2.05, 4.69) is 0 Å². The van der Waals surface area contributed by atoms with Crippen molar-refractivity contribution >= 4 is 15.7 Å². The van der Waals surface area contributed by atoms with Crippen LogP contribution in [-0.4, -0.2) is 68.4 Å². The van der Waals surface area contributed by atoms with Crippen LogP contribution in [0.3, 0.4) is 0 Å². The molecule has 1 aliphatic rings. The van der Waals surface area contributed by atoms with E-state index in [0.717, 1.165) is 0 Å². The molecule has 1 aliphatic heterocycles. The number of amides is 1. The standard InChI is InChI=1S/C11H22N2O3S/c1-4-13(5-2)11(14)8-12(3)10-6-7-17(15,16)9-10/h10H,4-9H2,1-3H3. The quantitative estimate of drug-likeness (QED) is 0.698. The Labute approximate surface area is 104 Å². The molecule has 0 bridgehead atoms. The first-order chi connectivity index (χ1) is 7.89. The molecule has 17 heavy (non-hydrogen) atoms. The van der Waals surface area contributed by atoms with Gasteiger partial charge in [0.15, 0.2) is 9.84 Å². The average molecular weight is 262 g/mol. The van der Waals surface area contributed by atoms with Crippen molar-refractivity contribution in [1.82, 2.24) is 9.80 Å². The molecule has 0 radical (unpaired) electrons. The van der Waals surface area contributed by atoms with Crippen LogP contribution in [0.5, 0.6) is 0 Å². The lowest BCUT2D eigenvalue weighted by atomic mass is 10.2. The molecular formula is C11H22N2O3S. The zero-order valence-electron chi connectivity index (χ0n) is 10.8. The lowest BCUT2D eigenvalue weighted by Crippen LogP contribution is -2.43. The summed E-state index contributed by atoms with van der Waals surface area (Å²) in [5, 5.41) is 0. The highest BCUT2D eigenvalue weighted by Crippen LogP contribution is 2.16. The van der Waals surface area contributed by atoms with Crippen molar-refractivity contribution < 1.29 is 13.2 Å². The topological polar surface area (TPSA) is 57.7 Å². The minimum Gasteiger partial charge on any atom is -0.342 e. The summed E-state index contributed by atoms with van der Waals surface area (Å²) in [5.74, 6) is 0.512. The van der Waals surface area contributed by atoms with E-state index in [1.807, 2.05) is 25.8 Å². The molecule has 1 rings (SSSR count). The molecule has 1 fully saturated rings. The van der Waals surface area contributed by atoms with E-state index in [0.29, 0.717) is 26.1 Å². The Kier molecular flexibility index (Phi) is 4.94. The Morgan fingerprint density at radius 1 is 1.29 bits per heavy atom. The SMILES string of the molecule is CCN(CC)C(=O)CN(C)C1CCS(=O)(=O)C1. The van der Waals surface area contributed by atoms with Crippen molar-refractivity contribution in [2.75, 3.05) is 38.2 Å². The number of hydrogen-bond acceptors (Lipinski definition) is 4. The van der Waals surface area contributed by atoms with Crippen molar-refractivity contribution in [1.29, 1.82) is 0 Å². The van der Waals surface area contributed by atoms with Gasteiger partial charge in [-0.1, -0.05) is 0 Å². The first-order valence-corrected chi connectivity index (χ1v) is 7.90. The van der Waals surface area contributed by atoms with Gasteiger partial charge in [0.25, 0.3) is 0 Å². The molecule has 100 valence electrons. The molecule has 0 aromatic heterocycles. The molecule has 5 nitrogen and oxygen atoms in total. The third-order valence-corrected chi connectivity index (χ3v) is 5.08. The van der Waals surface area contributed by atoms with Crippen LogP contribution in [0.25, 0.3) is 0 Å². The summed E-state index contributed by atoms with van der Waals surface area (Å²) >= 11 is 0. The summed E-state index contributed by atoms with van der Waals surface area (Å²) in [6.07, 6.45) is 0.643. The lowest BCUT2D eigenvalue weighted by Gasteiger charge is -2.26. The van der Waals surface area contributed by atoms with E-state index in [4.69, 9.17) is 0 Å². The Hall–Kier alpha value is -0.620. The van der Waals surface area contributed by atoms with Crippen molar-refractivity contribution in [2.45, 2.75) is 26.3 Å². The average Bonchev–Trinajstić information content (AvgIpc) is 2.60. The first kappa shape index (κ1) is 14.4. The van der Waals surface area contributed by atoms with Gasteiger partial charge in [-0.3, -0.25) is 9.69 Å². The van der Waals surface area contributed by atoms with Gasteiger partial charge in [-0.2, -0.15) is 0 Å². The molecule has 1 atom stereocenters. The molecule has 0 aliphatic carbocycles. The summed E-state index contributed by atoms with van der Waals surface area (Å²) in [6, 6.07) is -0.000452. The smallest absolute Gasteiger partial charge is 0.236 e. The number of rotatable bonds is 5. The number of nitrogens with zero attached hydrogens (tertiary/aromatic N) is 2. The van der Waals surface area contributed by atoms with Crippen molar-refractivity contribution in [3.05, 3.63) is 0 Å². The molecule has 1 unspecified atom stereocenters. The normalized spacial score (nSPS) is 22.9. The van der Waals surface area contributed by atoms with E-state index in [-0.39, 0.29) is 23.5 Å². The van der Waals surface area contributed by atoms with Gasteiger partial charge in [-0.05, 0) is 27.3 Å². The Morgan fingerprint density at radius 3 is 2.29 bits per heavy atom. The molecule has 6 heteroatoms. The van der Waals surface area contributed by atoms with Crippen molar-refractivity contribution in [2.24, 2.45) is 0 Å². The molecule has 0 saturated carbocycles. The Morgan fingerprint density at radius 2 is 1.88 bits per heavy atom.